The summed E-state index contributed by atoms with van der Waals surface area (Å²) in [7, 11) is 0. The molecule has 4 amide bonds. The van der Waals surface area contributed by atoms with Crippen LogP contribution in [0.3, 0.4) is 0 Å². The fourth-order valence-corrected chi connectivity index (χ4v) is 8.86. The van der Waals surface area contributed by atoms with Crippen LogP contribution in [0.25, 0.3) is 6.08 Å². The highest BCUT2D eigenvalue weighted by atomic mass is 79.9. The monoisotopic (exact) mass is 978 g/mol. The molecular formula is C46H63BrN10O9. The van der Waals surface area contributed by atoms with Crippen LogP contribution >= 0.6 is 15.9 Å². The highest BCUT2D eigenvalue weighted by Gasteiger charge is 2.42. The van der Waals surface area contributed by atoms with Gasteiger partial charge in [0.1, 0.15) is 48.0 Å². The van der Waals surface area contributed by atoms with Crippen molar-refractivity contribution < 1.29 is 42.9 Å². The summed E-state index contributed by atoms with van der Waals surface area (Å²) in [5, 5.41) is 15.6. The van der Waals surface area contributed by atoms with Gasteiger partial charge in [0.05, 0.1) is 41.0 Å². The predicted octanol–water partition coefficient (Wildman–Crippen LogP) is 6.83. The molecule has 19 nitrogen and oxygen atoms in total. The fourth-order valence-electron chi connectivity index (χ4n) is 8.44. The van der Waals surface area contributed by atoms with E-state index in [1.54, 1.807) is 16.1 Å². The van der Waals surface area contributed by atoms with Gasteiger partial charge in [0.2, 0.25) is 0 Å². The number of ether oxygens (including phenoxy) is 5. The normalized spacial score (nSPS) is 24.4. The maximum atomic E-state index is 12.6. The molecule has 20 heteroatoms. The van der Waals surface area contributed by atoms with Crippen LogP contribution < -0.4 is 40.8 Å². The van der Waals surface area contributed by atoms with Gasteiger partial charge in [-0.05, 0) is 135 Å². The number of nitrogens with one attached hydrogen (secondary N) is 4. The van der Waals surface area contributed by atoms with Crippen molar-refractivity contribution in [2.45, 2.75) is 123 Å². The van der Waals surface area contributed by atoms with Crippen molar-refractivity contribution >= 4 is 80.4 Å². The van der Waals surface area contributed by atoms with Crippen molar-refractivity contribution in [1.82, 2.24) is 20.7 Å². The molecule has 2 aromatic rings. The molecule has 0 spiro atoms. The van der Waals surface area contributed by atoms with Crippen LogP contribution in [-0.2, 0) is 23.8 Å². The first-order valence-electron chi connectivity index (χ1n) is 22.3. The number of amidine groups is 2. The zero-order chi connectivity index (χ0) is 47.9. The van der Waals surface area contributed by atoms with Gasteiger partial charge < -0.3 is 53.9 Å². The molecule has 8 rings (SSSR count). The first kappa shape index (κ1) is 48.0. The van der Waals surface area contributed by atoms with E-state index in [-0.39, 0.29) is 41.7 Å². The Balaban J connectivity index is 0.000000198. The Kier molecular flexibility index (Phi) is 13.4. The number of benzene rings is 2. The molecule has 0 saturated carbocycles. The van der Waals surface area contributed by atoms with Gasteiger partial charge in [-0.2, -0.15) is 10.2 Å². The second-order valence-corrected chi connectivity index (χ2v) is 20.7. The van der Waals surface area contributed by atoms with Gasteiger partial charge >= 0.3 is 12.2 Å². The van der Waals surface area contributed by atoms with E-state index < -0.39 is 23.3 Å². The Hall–Kier alpha value is -5.92. The van der Waals surface area contributed by atoms with Crippen molar-refractivity contribution in [3.63, 3.8) is 0 Å². The molecule has 0 unspecified atom stereocenters. The van der Waals surface area contributed by atoms with Gasteiger partial charge in [0, 0.05) is 41.9 Å². The largest absolute Gasteiger partial charge is 0.501 e. The number of fused-ring (bicyclic) bond motifs is 6. The smallest absolute Gasteiger partial charge is 0.410 e. The Morgan fingerprint density at radius 2 is 1.24 bits per heavy atom. The molecule has 6 aliphatic rings. The van der Waals surface area contributed by atoms with Crippen LogP contribution in [0.15, 0.2) is 45.2 Å². The first-order chi connectivity index (χ1) is 30.9. The summed E-state index contributed by atoms with van der Waals surface area (Å²) < 4.78 is 29.2. The third kappa shape index (κ3) is 10.7. The number of carbonyl (C=O) groups excluding carboxylic acids is 4. The second kappa shape index (κ2) is 18.4. The zero-order valence-corrected chi connectivity index (χ0v) is 41.3. The van der Waals surface area contributed by atoms with Gasteiger partial charge in [-0.25, -0.2) is 20.4 Å². The molecule has 6 heterocycles. The lowest BCUT2D eigenvalue weighted by molar-refractivity contribution is -0.123. The van der Waals surface area contributed by atoms with E-state index in [2.05, 4.69) is 61.5 Å². The molecule has 2 saturated heterocycles. The molecule has 0 bridgehead atoms. The van der Waals surface area contributed by atoms with Crippen LogP contribution in [0, 0.1) is 0 Å². The summed E-state index contributed by atoms with van der Waals surface area (Å²) >= 11 is 3.63. The third-order valence-corrected chi connectivity index (χ3v) is 12.4. The van der Waals surface area contributed by atoms with Gasteiger partial charge in [0.15, 0.2) is 11.7 Å². The van der Waals surface area contributed by atoms with Crippen molar-refractivity contribution in [2.24, 2.45) is 10.2 Å². The average Bonchev–Trinajstić information content (AvgIpc) is 3.82. The Labute approximate surface area is 394 Å². The molecule has 0 aromatic heterocycles. The highest BCUT2D eigenvalue weighted by molar-refractivity contribution is 9.10. The number of carbonyl (C=O) groups is 4. The minimum absolute atomic E-state index is 0.162. The zero-order valence-electron chi connectivity index (χ0n) is 39.7. The van der Waals surface area contributed by atoms with E-state index in [4.69, 9.17) is 23.7 Å². The fraction of sp³-hybridized carbons (Fsp3) is 0.565. The predicted molar refractivity (Wildman–Crippen MR) is 256 cm³/mol. The molecule has 2 fully saturated rings. The number of likely N-dealkylation sites (tertiary alicyclic amines) is 2. The van der Waals surface area contributed by atoms with Crippen LogP contribution in [0.1, 0.15) is 94.6 Å². The van der Waals surface area contributed by atoms with Crippen molar-refractivity contribution in [3.05, 3.63) is 40.6 Å². The molecule has 2 aromatic carbocycles. The molecule has 6 aliphatic heterocycles. The molecule has 0 aliphatic carbocycles. The minimum atomic E-state index is -0.546. The van der Waals surface area contributed by atoms with Gasteiger partial charge in [-0.1, -0.05) is 0 Å². The number of hydrazone groups is 2. The highest BCUT2D eigenvalue weighted by Crippen LogP contribution is 2.44. The molecule has 66 heavy (non-hydrogen) atoms. The van der Waals surface area contributed by atoms with E-state index in [0.29, 0.717) is 62.6 Å². The lowest BCUT2D eigenvalue weighted by Crippen LogP contribution is -2.55. The lowest BCUT2D eigenvalue weighted by Gasteiger charge is -2.39. The number of anilines is 4. The van der Waals surface area contributed by atoms with E-state index in [1.165, 1.54) is 0 Å². The number of hydrogen-bond donors (Lipinski definition) is 4. The topological polar surface area (TPSA) is 200 Å². The van der Waals surface area contributed by atoms with E-state index in [9.17, 15) is 19.2 Å². The van der Waals surface area contributed by atoms with Gasteiger partial charge in [-0.15, -0.1) is 0 Å². The van der Waals surface area contributed by atoms with Gasteiger partial charge in [-0.3, -0.25) is 9.59 Å². The van der Waals surface area contributed by atoms with E-state index in [1.807, 2.05) is 102 Å². The Bertz CT molecular complexity index is 2340. The maximum absolute atomic E-state index is 12.6. The Morgan fingerprint density at radius 3 is 1.71 bits per heavy atom. The molecule has 4 atom stereocenters. The number of rotatable bonds is 7. The molecular weight excluding hydrogens is 916 g/mol. The standard InChI is InChI=1S/C25H35N5O5.C21H28BrN5O4/c1-7-33-11-8-17-12-20-19(30-16(2)22(31)28-27-21(30)14-34-20)13-18(17)26-25(6)9-10-29(15-25)23(32)35-24(3,4)5;1-12-18(28)25-24-17-10-30-16-8-13(22)14(9-15(16)27(12)17)23-21(5)6-7-26(11-21)19(29)31-20(2,3)4/h8,11-13,16,26H,7,9-10,14-15H2,1-6H3,(H,28,31);8-9,12,23H,6-7,10-11H2,1-5H3,(H,25,28)/b11-8+;/t16-,25-;12-,21-/m00/s1. The summed E-state index contributed by atoms with van der Waals surface area (Å²) in [6.07, 6.45) is 4.46. The number of amides is 4. The van der Waals surface area contributed by atoms with Gasteiger partial charge in [0.25, 0.3) is 11.8 Å². The van der Waals surface area contributed by atoms with Crippen molar-refractivity contribution in [2.75, 3.05) is 66.4 Å². The first-order valence-corrected chi connectivity index (χ1v) is 23.1. The van der Waals surface area contributed by atoms with Crippen molar-refractivity contribution in [1.29, 1.82) is 0 Å². The number of halogens is 1. The number of hydrogen-bond acceptors (Lipinski definition) is 15. The summed E-state index contributed by atoms with van der Waals surface area (Å²) in [5.41, 5.74) is 7.43. The van der Waals surface area contributed by atoms with Crippen molar-refractivity contribution in [3.8, 4) is 11.5 Å². The molecule has 4 N–H and O–H groups in total. The minimum Gasteiger partial charge on any atom is -0.501 e. The van der Waals surface area contributed by atoms with Crippen LogP contribution in [-0.4, -0.2) is 126 Å². The van der Waals surface area contributed by atoms with E-state index in [0.717, 1.165) is 45.6 Å². The third-order valence-electron chi connectivity index (χ3n) is 11.7. The summed E-state index contributed by atoms with van der Waals surface area (Å²) in [5.74, 6) is 2.33. The van der Waals surface area contributed by atoms with E-state index >= 15 is 0 Å². The Morgan fingerprint density at radius 1 is 0.788 bits per heavy atom. The quantitative estimate of drug-likeness (QED) is 0.211. The van der Waals surface area contributed by atoms with Crippen LogP contribution in [0.2, 0.25) is 0 Å². The maximum Gasteiger partial charge on any atom is 0.410 e. The van der Waals surface area contributed by atoms with Crippen LogP contribution in [0.4, 0.5) is 32.3 Å². The number of nitrogens with zero attached hydrogens (tertiary/aromatic N) is 6. The lowest BCUT2D eigenvalue weighted by atomic mass is 9.99. The summed E-state index contributed by atoms with van der Waals surface area (Å²) in [6, 6.07) is 6.96. The summed E-state index contributed by atoms with van der Waals surface area (Å²) in [4.78, 5) is 56.9. The molecule has 0 radical (unpaired) electrons. The van der Waals surface area contributed by atoms with Crippen LogP contribution in [0.5, 0.6) is 11.5 Å². The molecule has 358 valence electrons. The average molecular weight is 980 g/mol. The summed E-state index contributed by atoms with van der Waals surface area (Å²) in [6.45, 7) is 24.3. The second-order valence-electron chi connectivity index (χ2n) is 19.8. The SMILES string of the molecule is CCO/C=C/c1cc2c(cc1N[C@@]1(C)CCN(C(=O)OC(C)(C)C)C1)N1C(=NNC(=O)[C@@H]1C)CO2.C[C@H]1C(=O)NN=C2COc3cc(Br)c(N[C@@]4(C)CCN(C(=O)OC(C)(C)C)C4)cc3N21.